The number of hydrogen-bond donors (Lipinski definition) is 2. The first-order valence-electron chi connectivity index (χ1n) is 16.4. The highest BCUT2D eigenvalue weighted by molar-refractivity contribution is 6.33. The number of nitrogens with two attached hydrogens (primary N) is 1. The minimum Gasteiger partial charge on any atom is -0.436 e. The minimum absolute atomic E-state index is 0.0745. The molecule has 0 unspecified atom stereocenters. The normalized spacial score (nSPS) is 19.1. The number of ether oxygens (including phenoxy) is 1. The van der Waals surface area contributed by atoms with Crippen LogP contribution in [0.5, 0.6) is 0 Å². The summed E-state index contributed by atoms with van der Waals surface area (Å²) in [6.07, 6.45) is -2.51. The lowest BCUT2D eigenvalue weighted by atomic mass is 10.00. The Kier molecular flexibility index (Phi) is 10.0. The van der Waals surface area contributed by atoms with Crippen molar-refractivity contribution < 1.29 is 27.5 Å². The summed E-state index contributed by atoms with van der Waals surface area (Å²) in [5, 5.41) is 4.18. The van der Waals surface area contributed by atoms with Gasteiger partial charge in [-0.2, -0.15) is 13.2 Å². The van der Waals surface area contributed by atoms with E-state index in [-0.39, 0.29) is 41.8 Å². The van der Waals surface area contributed by atoms with E-state index in [1.165, 1.54) is 15.6 Å². The fraction of sp³-hybridized carbons (Fsp3) is 0.515. The van der Waals surface area contributed by atoms with Crippen LogP contribution >= 0.6 is 11.6 Å². The van der Waals surface area contributed by atoms with Crippen LogP contribution < -0.4 is 11.4 Å². The van der Waals surface area contributed by atoms with Crippen molar-refractivity contribution in [2.75, 3.05) is 45.0 Å². The molecular weight excluding hydrogens is 651 g/mol. The number of alkyl halides is 3. The van der Waals surface area contributed by atoms with Crippen molar-refractivity contribution in [1.82, 2.24) is 29.5 Å². The maximum atomic E-state index is 13.9. The Morgan fingerprint density at radius 2 is 1.58 bits per heavy atom. The molecule has 0 radical (unpaired) electrons. The SMILES string of the molecule is Nc1c(Cl)cc(C[C@@H](OC(=O)N2CCC(n3nc(-c4ccccc4)[nH]c3=O)CC2)C(=O)N2CCC(N3CCCC3)CC2)cc1C(F)(F)F. The first-order chi connectivity index (χ1) is 23.0. The van der Waals surface area contributed by atoms with Crippen LogP contribution in [0.1, 0.15) is 55.7 Å². The van der Waals surface area contributed by atoms with Gasteiger partial charge in [-0.3, -0.25) is 9.78 Å². The lowest BCUT2D eigenvalue weighted by Gasteiger charge is -2.38. The van der Waals surface area contributed by atoms with Crippen molar-refractivity contribution in [2.45, 2.75) is 69.3 Å². The van der Waals surface area contributed by atoms with E-state index in [1.54, 1.807) is 4.90 Å². The van der Waals surface area contributed by atoms with Gasteiger partial charge in [-0.15, -0.1) is 5.10 Å². The molecule has 2 amide bonds. The third kappa shape index (κ3) is 7.49. The predicted octanol–water partition coefficient (Wildman–Crippen LogP) is 4.96. The zero-order valence-corrected chi connectivity index (χ0v) is 27.2. The molecule has 0 spiro atoms. The van der Waals surface area contributed by atoms with Gasteiger partial charge in [0.1, 0.15) is 0 Å². The molecule has 3 aromatic rings. The molecule has 3 fully saturated rings. The van der Waals surface area contributed by atoms with Crippen molar-refractivity contribution in [3.8, 4) is 11.4 Å². The third-order valence-electron chi connectivity index (χ3n) is 9.62. The molecule has 2 aromatic carbocycles. The van der Waals surface area contributed by atoms with Crippen molar-refractivity contribution in [2.24, 2.45) is 0 Å². The van der Waals surface area contributed by atoms with E-state index in [4.69, 9.17) is 22.1 Å². The van der Waals surface area contributed by atoms with Crippen molar-refractivity contribution in [3.63, 3.8) is 0 Å². The fourth-order valence-electron chi connectivity index (χ4n) is 6.98. The highest BCUT2D eigenvalue weighted by Crippen LogP contribution is 2.38. The van der Waals surface area contributed by atoms with Crippen molar-refractivity contribution in [3.05, 3.63) is 69.1 Å². The van der Waals surface area contributed by atoms with Crippen LogP contribution in [0.4, 0.5) is 23.7 Å². The van der Waals surface area contributed by atoms with Gasteiger partial charge in [0.25, 0.3) is 5.91 Å². The summed E-state index contributed by atoms with van der Waals surface area (Å²) in [5.41, 5.74) is 4.41. The number of likely N-dealkylation sites (tertiary alicyclic amines) is 3. The second-order valence-electron chi connectivity index (χ2n) is 12.7. The number of aromatic nitrogens is 3. The van der Waals surface area contributed by atoms with Gasteiger partial charge >= 0.3 is 18.0 Å². The van der Waals surface area contributed by atoms with E-state index < -0.39 is 35.5 Å². The van der Waals surface area contributed by atoms with Crippen LogP contribution in [0.25, 0.3) is 11.4 Å². The molecule has 1 atom stereocenters. The number of nitrogen functional groups attached to an aromatic ring is 1. The van der Waals surface area contributed by atoms with Gasteiger partial charge in [0.05, 0.1) is 22.3 Å². The van der Waals surface area contributed by atoms with Gasteiger partial charge in [0.2, 0.25) is 0 Å². The monoisotopic (exact) mass is 689 g/mol. The number of nitrogens with zero attached hydrogens (tertiary/aromatic N) is 5. The molecule has 15 heteroatoms. The number of nitrogens with one attached hydrogen (secondary N) is 1. The predicted molar refractivity (Wildman–Crippen MR) is 173 cm³/mol. The molecule has 1 aromatic heterocycles. The Morgan fingerprint density at radius 1 is 0.958 bits per heavy atom. The number of aromatic amines is 1. The summed E-state index contributed by atoms with van der Waals surface area (Å²) in [7, 11) is 0. The lowest BCUT2D eigenvalue weighted by molar-refractivity contribution is -0.142. The second kappa shape index (κ2) is 14.2. The molecule has 3 saturated heterocycles. The number of benzene rings is 2. The molecule has 3 aliphatic rings. The fourth-order valence-corrected chi connectivity index (χ4v) is 7.22. The van der Waals surface area contributed by atoms with Gasteiger partial charge in [-0.25, -0.2) is 14.3 Å². The molecule has 11 nitrogen and oxygen atoms in total. The number of carbonyl (C=O) groups is 2. The molecule has 0 saturated carbocycles. The van der Waals surface area contributed by atoms with E-state index in [2.05, 4.69) is 15.0 Å². The number of carbonyl (C=O) groups excluding carboxylic acids is 2. The number of halogens is 4. The Labute approximate surface area is 280 Å². The molecular formula is C33H39ClF3N7O4. The van der Waals surface area contributed by atoms with E-state index in [9.17, 15) is 27.6 Å². The number of H-pyrrole nitrogens is 1. The average molecular weight is 690 g/mol. The van der Waals surface area contributed by atoms with Gasteiger partial charge in [0, 0.05) is 44.2 Å². The second-order valence-corrected chi connectivity index (χ2v) is 13.1. The maximum Gasteiger partial charge on any atom is 0.418 e. The van der Waals surface area contributed by atoms with Gasteiger partial charge in [-0.05, 0) is 69.3 Å². The van der Waals surface area contributed by atoms with Crippen LogP contribution in [0.3, 0.4) is 0 Å². The summed E-state index contributed by atoms with van der Waals surface area (Å²) < 4.78 is 48.4. The summed E-state index contributed by atoms with van der Waals surface area (Å²) in [6.45, 7) is 3.46. The van der Waals surface area contributed by atoms with Crippen LogP contribution in [0.2, 0.25) is 5.02 Å². The molecule has 3 aliphatic heterocycles. The zero-order chi connectivity index (χ0) is 34.0. The largest absolute Gasteiger partial charge is 0.436 e. The Balaban J connectivity index is 1.15. The number of rotatable bonds is 7. The topological polar surface area (TPSA) is 130 Å². The Hall–Kier alpha value is -4.04. The van der Waals surface area contributed by atoms with E-state index in [0.29, 0.717) is 37.8 Å². The van der Waals surface area contributed by atoms with Crippen LogP contribution in [-0.2, 0) is 22.1 Å². The molecule has 258 valence electrons. The summed E-state index contributed by atoms with van der Waals surface area (Å²) in [5.74, 6) is -0.0131. The number of hydrogen-bond acceptors (Lipinski definition) is 7. The first kappa shape index (κ1) is 33.8. The summed E-state index contributed by atoms with van der Waals surface area (Å²) >= 11 is 6.08. The van der Waals surface area contributed by atoms with E-state index >= 15 is 0 Å². The first-order valence-corrected chi connectivity index (χ1v) is 16.7. The standard InChI is InChI=1S/C33H39ClF3N7O4/c34-26-19-21(18-25(28(26)38)33(35,36)37)20-27(30(45)42-14-8-23(9-15-42)41-12-4-5-13-41)48-32(47)43-16-10-24(11-17-43)44-31(46)39-29(40-44)22-6-2-1-3-7-22/h1-3,6-7,18-19,23-24,27H,4-5,8-17,20,38H2,(H,39,40,46)/t27-/m1/s1. The number of piperidine rings is 2. The van der Waals surface area contributed by atoms with Gasteiger partial charge in [-0.1, -0.05) is 41.9 Å². The average Bonchev–Trinajstić information content (AvgIpc) is 3.76. The maximum absolute atomic E-state index is 13.9. The van der Waals surface area contributed by atoms with E-state index in [1.807, 2.05) is 30.3 Å². The highest BCUT2D eigenvalue weighted by Gasteiger charge is 2.38. The highest BCUT2D eigenvalue weighted by atomic mass is 35.5. The Bertz CT molecular complexity index is 1660. The van der Waals surface area contributed by atoms with Crippen molar-refractivity contribution >= 4 is 29.3 Å². The molecule has 48 heavy (non-hydrogen) atoms. The van der Waals surface area contributed by atoms with Crippen molar-refractivity contribution in [1.29, 1.82) is 0 Å². The molecule has 4 heterocycles. The molecule has 6 rings (SSSR count). The third-order valence-corrected chi connectivity index (χ3v) is 9.94. The van der Waals surface area contributed by atoms with Crippen LogP contribution in [-0.4, -0.2) is 92.9 Å². The summed E-state index contributed by atoms with van der Waals surface area (Å²) in [6, 6.07) is 11.5. The molecule has 3 N–H and O–H groups in total. The number of amides is 2. The summed E-state index contributed by atoms with van der Waals surface area (Å²) in [4.78, 5) is 48.3. The zero-order valence-electron chi connectivity index (χ0n) is 26.4. The lowest BCUT2D eigenvalue weighted by Crippen LogP contribution is -2.51. The quantitative estimate of drug-likeness (QED) is 0.336. The number of anilines is 1. The minimum atomic E-state index is -4.76. The molecule has 0 bridgehead atoms. The Morgan fingerprint density at radius 3 is 2.23 bits per heavy atom. The van der Waals surface area contributed by atoms with Crippen LogP contribution in [0, 0.1) is 0 Å². The van der Waals surface area contributed by atoms with E-state index in [0.717, 1.165) is 50.4 Å². The van der Waals surface area contributed by atoms with Gasteiger partial charge < -0.3 is 25.2 Å². The van der Waals surface area contributed by atoms with Crippen LogP contribution in [0.15, 0.2) is 47.3 Å². The smallest absolute Gasteiger partial charge is 0.418 e. The molecule has 0 aliphatic carbocycles. The van der Waals surface area contributed by atoms with Gasteiger partial charge in [0.15, 0.2) is 11.9 Å².